The zero-order valence-electron chi connectivity index (χ0n) is 4.80. The molecule has 0 radical (unpaired) electrons. The highest BCUT2D eigenvalue weighted by Gasteiger charge is 1.86. The first-order valence-electron chi connectivity index (χ1n) is 2.10. The second-order valence-electron chi connectivity index (χ2n) is 1.28. The molecule has 0 aliphatic carbocycles. The predicted octanol–water partition coefficient (Wildman–Crippen LogP) is -0.577. The lowest BCUT2D eigenvalue weighted by atomic mass is 10.5. The molecule has 0 aliphatic rings. The van der Waals surface area contributed by atoms with Gasteiger partial charge in [0.05, 0.1) is 7.11 Å². The number of carbonyl (C=O) groups excluding carboxylic acids is 1. The molecule has 3 nitrogen and oxygen atoms in total. The lowest BCUT2D eigenvalue weighted by Gasteiger charge is -1.99. The Morgan fingerprint density at radius 1 is 1.75 bits per heavy atom. The van der Waals surface area contributed by atoms with Crippen LogP contribution in [0.5, 0.6) is 0 Å². The van der Waals surface area contributed by atoms with E-state index in [4.69, 9.17) is 0 Å². The van der Waals surface area contributed by atoms with Gasteiger partial charge in [-0.1, -0.05) is 6.92 Å². The third kappa shape index (κ3) is 3.21. The minimum atomic E-state index is -0.600. The van der Waals surface area contributed by atoms with Gasteiger partial charge in [-0.2, -0.15) is 0 Å². The van der Waals surface area contributed by atoms with Crippen molar-refractivity contribution >= 4 is 5.97 Å². The summed E-state index contributed by atoms with van der Waals surface area (Å²) >= 11 is 0. The Kier molecular flexibility index (Phi) is 2.69. The lowest BCUT2D eigenvalue weighted by molar-refractivity contribution is -0.301. The molecule has 0 heterocycles. The number of hydrogen-bond donors (Lipinski definition) is 0. The van der Waals surface area contributed by atoms with Crippen LogP contribution in [0.4, 0.5) is 0 Å². The van der Waals surface area contributed by atoms with E-state index in [9.17, 15) is 9.90 Å². The third-order valence-corrected chi connectivity index (χ3v) is 0.522. The molecular formula is C5H7O3-. The van der Waals surface area contributed by atoms with Crippen molar-refractivity contribution in [3.05, 3.63) is 11.8 Å². The Labute approximate surface area is 47.6 Å². The largest absolute Gasteiger partial charge is 0.875 e. The van der Waals surface area contributed by atoms with Crippen LogP contribution >= 0.6 is 0 Å². The van der Waals surface area contributed by atoms with Crippen molar-refractivity contribution in [3.63, 3.8) is 0 Å². The molecule has 0 spiro atoms. The van der Waals surface area contributed by atoms with Gasteiger partial charge >= 0.3 is 5.97 Å². The summed E-state index contributed by atoms with van der Waals surface area (Å²) < 4.78 is 4.15. The van der Waals surface area contributed by atoms with Crippen LogP contribution in [0.3, 0.4) is 0 Å². The second kappa shape index (κ2) is 3.07. The van der Waals surface area contributed by atoms with Crippen LogP contribution in [0, 0.1) is 0 Å². The summed E-state index contributed by atoms with van der Waals surface area (Å²) in [6, 6.07) is 0. The van der Waals surface area contributed by atoms with E-state index >= 15 is 0 Å². The van der Waals surface area contributed by atoms with E-state index < -0.39 is 5.97 Å². The van der Waals surface area contributed by atoms with Crippen LogP contribution in [-0.2, 0) is 9.53 Å². The van der Waals surface area contributed by atoms with Crippen molar-refractivity contribution in [1.29, 1.82) is 0 Å². The highest BCUT2D eigenvalue weighted by atomic mass is 16.5. The predicted molar refractivity (Wildman–Crippen MR) is 25.8 cm³/mol. The van der Waals surface area contributed by atoms with Crippen LogP contribution in [0.25, 0.3) is 0 Å². The molecule has 0 N–H and O–H groups in total. The average molecular weight is 115 g/mol. The van der Waals surface area contributed by atoms with Crippen molar-refractivity contribution < 1.29 is 14.6 Å². The topological polar surface area (TPSA) is 49.4 Å². The van der Waals surface area contributed by atoms with Gasteiger partial charge in [0.2, 0.25) is 0 Å². The van der Waals surface area contributed by atoms with E-state index in [1.807, 2.05) is 0 Å². The molecule has 0 bridgehead atoms. The molecule has 0 unspecified atom stereocenters. The fraction of sp³-hybridized carbons (Fsp3) is 0.400. The van der Waals surface area contributed by atoms with E-state index in [-0.39, 0.29) is 5.76 Å². The van der Waals surface area contributed by atoms with Gasteiger partial charge in [-0.05, 0) is 0 Å². The normalized spacial score (nSPS) is 11.0. The number of ether oxygens (including phenoxy) is 1. The summed E-state index contributed by atoms with van der Waals surface area (Å²) in [7, 11) is 1.22. The van der Waals surface area contributed by atoms with Crippen LogP contribution in [0.2, 0.25) is 0 Å². The molecule has 0 amide bonds. The number of allylic oxidation sites excluding steroid dienone is 1. The Morgan fingerprint density at radius 2 is 2.25 bits per heavy atom. The highest BCUT2D eigenvalue weighted by molar-refractivity contribution is 5.81. The van der Waals surface area contributed by atoms with Crippen LogP contribution in [-0.4, -0.2) is 13.1 Å². The Morgan fingerprint density at radius 3 is 2.38 bits per heavy atom. The summed E-state index contributed by atoms with van der Waals surface area (Å²) in [4.78, 5) is 10.1. The van der Waals surface area contributed by atoms with Gasteiger partial charge in [0.1, 0.15) is 0 Å². The van der Waals surface area contributed by atoms with E-state index in [0.29, 0.717) is 0 Å². The quantitative estimate of drug-likeness (QED) is 0.261. The molecule has 0 aliphatic heterocycles. The minimum Gasteiger partial charge on any atom is -0.875 e. The van der Waals surface area contributed by atoms with E-state index in [1.54, 1.807) is 0 Å². The fourth-order valence-corrected chi connectivity index (χ4v) is 0.225. The molecule has 46 valence electrons. The Hall–Kier alpha value is -0.990. The van der Waals surface area contributed by atoms with E-state index in [1.165, 1.54) is 14.0 Å². The van der Waals surface area contributed by atoms with Crippen molar-refractivity contribution in [2.24, 2.45) is 0 Å². The van der Waals surface area contributed by atoms with Gasteiger partial charge in [0.15, 0.2) is 0 Å². The van der Waals surface area contributed by atoms with Crippen molar-refractivity contribution in [3.8, 4) is 0 Å². The molecule has 0 fully saturated rings. The van der Waals surface area contributed by atoms with E-state index in [2.05, 4.69) is 4.74 Å². The van der Waals surface area contributed by atoms with E-state index in [0.717, 1.165) is 6.08 Å². The lowest BCUT2D eigenvalue weighted by Crippen LogP contribution is -2.03. The number of hydrogen-bond acceptors (Lipinski definition) is 3. The molecule has 0 aromatic heterocycles. The Balaban J connectivity index is 3.70. The second-order valence-corrected chi connectivity index (χ2v) is 1.28. The first kappa shape index (κ1) is 7.01. The van der Waals surface area contributed by atoms with Gasteiger partial charge in [-0.25, -0.2) is 4.79 Å². The summed E-state index contributed by atoms with van der Waals surface area (Å²) in [5, 5.41) is 10.1. The molecule has 3 heteroatoms. The number of methoxy groups -OCH3 is 1. The monoisotopic (exact) mass is 115 g/mol. The zero-order valence-corrected chi connectivity index (χ0v) is 4.80. The number of rotatable bonds is 1. The van der Waals surface area contributed by atoms with Gasteiger partial charge in [0, 0.05) is 6.08 Å². The summed E-state index contributed by atoms with van der Waals surface area (Å²) in [6.07, 6.45) is 0.889. The maximum Gasteiger partial charge on any atom is 0.329 e. The average Bonchev–Trinajstić information content (AvgIpc) is 1.65. The smallest absolute Gasteiger partial charge is 0.329 e. The molecule has 0 rings (SSSR count). The first-order valence-corrected chi connectivity index (χ1v) is 2.10. The molecule has 0 saturated carbocycles. The van der Waals surface area contributed by atoms with Gasteiger partial charge < -0.3 is 9.84 Å². The maximum absolute atomic E-state index is 10.1. The molecule has 0 saturated heterocycles. The van der Waals surface area contributed by atoms with Crippen LogP contribution < -0.4 is 5.11 Å². The van der Waals surface area contributed by atoms with Gasteiger partial charge in [-0.3, -0.25) is 0 Å². The van der Waals surface area contributed by atoms with Crippen molar-refractivity contribution in [2.45, 2.75) is 6.92 Å². The van der Waals surface area contributed by atoms with Gasteiger partial charge in [-0.15, -0.1) is 5.76 Å². The highest BCUT2D eigenvalue weighted by Crippen LogP contribution is 1.80. The van der Waals surface area contributed by atoms with Gasteiger partial charge in [0.25, 0.3) is 0 Å². The van der Waals surface area contributed by atoms with Crippen molar-refractivity contribution in [1.82, 2.24) is 0 Å². The molecule has 8 heavy (non-hydrogen) atoms. The van der Waals surface area contributed by atoms with Crippen LogP contribution in [0.1, 0.15) is 6.92 Å². The molecular weight excluding hydrogens is 108 g/mol. The first-order chi connectivity index (χ1) is 3.66. The maximum atomic E-state index is 10.1. The summed E-state index contributed by atoms with van der Waals surface area (Å²) in [5.74, 6) is -0.894. The van der Waals surface area contributed by atoms with Crippen LogP contribution in [0.15, 0.2) is 11.8 Å². The van der Waals surface area contributed by atoms with Crippen molar-refractivity contribution in [2.75, 3.05) is 7.11 Å². The third-order valence-electron chi connectivity index (χ3n) is 0.522. The zero-order chi connectivity index (χ0) is 6.57. The fourth-order valence-electron chi connectivity index (χ4n) is 0.225. The Bertz CT molecular complexity index is 111. The summed E-state index contributed by atoms with van der Waals surface area (Å²) in [5.41, 5.74) is 0. The minimum absolute atomic E-state index is 0.295. The SMILES string of the molecule is COC(=O)/C=C(/C)[O-]. The number of carbonyl (C=O) groups is 1. The standard InChI is InChI=1S/C5H8O3/c1-4(6)3-5(7)8-2/h3,6H,1-2H3/p-1/b4-3-. The molecule has 0 atom stereocenters. The summed E-state index contributed by atoms with van der Waals surface area (Å²) in [6.45, 7) is 1.29. The molecule has 0 aromatic rings. The molecule has 0 aromatic carbocycles. The number of esters is 1.